The Bertz CT molecular complexity index is 485. The predicted molar refractivity (Wildman–Crippen MR) is 88.1 cm³/mol. The Balaban J connectivity index is 1.95. The molecule has 22 heavy (non-hydrogen) atoms. The number of nitrogens with zero attached hydrogens (tertiary/aromatic N) is 2. The zero-order chi connectivity index (χ0) is 15.9. The van der Waals surface area contributed by atoms with E-state index in [4.69, 9.17) is 0 Å². The molecule has 0 aliphatic carbocycles. The van der Waals surface area contributed by atoms with Crippen molar-refractivity contribution < 1.29 is 9.59 Å². The summed E-state index contributed by atoms with van der Waals surface area (Å²) >= 11 is 0. The molecule has 1 aliphatic heterocycles. The molecule has 0 bridgehead atoms. The van der Waals surface area contributed by atoms with E-state index in [2.05, 4.69) is 18.7 Å². The molecular weight excluding hydrogens is 276 g/mol. The molecule has 0 unspecified atom stereocenters. The lowest BCUT2D eigenvalue weighted by molar-refractivity contribution is 0.0635. The lowest BCUT2D eigenvalue weighted by Crippen LogP contribution is -2.39. The summed E-state index contributed by atoms with van der Waals surface area (Å²) in [4.78, 5) is 28.4. The van der Waals surface area contributed by atoms with Gasteiger partial charge in [0.1, 0.15) is 0 Å². The fourth-order valence-corrected chi connectivity index (χ4v) is 2.78. The minimum absolute atomic E-state index is 0.147. The number of hydrogen-bond acceptors (Lipinski definition) is 3. The van der Waals surface area contributed by atoms with Gasteiger partial charge in [-0.05, 0) is 38.1 Å². The van der Waals surface area contributed by atoms with Crippen LogP contribution in [-0.4, -0.2) is 47.8 Å². The quantitative estimate of drug-likeness (QED) is 0.658. The first-order chi connectivity index (χ1) is 10.7. The molecule has 1 aromatic rings. The van der Waals surface area contributed by atoms with Gasteiger partial charge in [0.2, 0.25) is 0 Å². The molecule has 0 radical (unpaired) electrons. The Morgan fingerprint density at radius 1 is 0.864 bits per heavy atom. The first-order valence-corrected chi connectivity index (χ1v) is 8.36. The van der Waals surface area contributed by atoms with Gasteiger partial charge in [0.15, 0.2) is 0 Å². The fraction of sp³-hybridized carbons (Fsp3) is 0.556. The smallest absolute Gasteiger partial charge is 0.261 e. The van der Waals surface area contributed by atoms with Crippen molar-refractivity contribution in [1.82, 2.24) is 9.80 Å². The van der Waals surface area contributed by atoms with E-state index in [0.29, 0.717) is 17.7 Å². The van der Waals surface area contributed by atoms with Crippen molar-refractivity contribution in [2.75, 3.05) is 26.2 Å². The minimum Gasteiger partial charge on any atom is -0.302 e. The fourth-order valence-electron chi connectivity index (χ4n) is 2.78. The molecule has 2 amide bonds. The van der Waals surface area contributed by atoms with Crippen LogP contribution in [-0.2, 0) is 0 Å². The van der Waals surface area contributed by atoms with Crippen molar-refractivity contribution in [3.05, 3.63) is 35.4 Å². The summed E-state index contributed by atoms with van der Waals surface area (Å²) in [6, 6.07) is 7.09. The van der Waals surface area contributed by atoms with Crippen LogP contribution in [0.4, 0.5) is 0 Å². The second-order valence-corrected chi connectivity index (χ2v) is 5.86. The van der Waals surface area contributed by atoms with Crippen LogP contribution in [0.25, 0.3) is 0 Å². The van der Waals surface area contributed by atoms with E-state index < -0.39 is 0 Å². The maximum absolute atomic E-state index is 12.3. The van der Waals surface area contributed by atoms with Crippen molar-refractivity contribution in [3.8, 4) is 0 Å². The first kappa shape index (κ1) is 16.7. The van der Waals surface area contributed by atoms with Crippen molar-refractivity contribution in [1.29, 1.82) is 0 Å². The monoisotopic (exact) mass is 302 g/mol. The normalized spacial score (nSPS) is 14.0. The van der Waals surface area contributed by atoms with Gasteiger partial charge in [-0.2, -0.15) is 0 Å². The molecule has 1 heterocycles. The van der Waals surface area contributed by atoms with Crippen molar-refractivity contribution in [2.45, 2.75) is 39.5 Å². The van der Waals surface area contributed by atoms with Gasteiger partial charge in [-0.1, -0.05) is 38.8 Å². The maximum atomic E-state index is 12.3. The van der Waals surface area contributed by atoms with Crippen LogP contribution < -0.4 is 0 Å². The number of rotatable bonds is 9. The van der Waals surface area contributed by atoms with Crippen LogP contribution in [0.3, 0.4) is 0 Å². The van der Waals surface area contributed by atoms with Gasteiger partial charge < -0.3 is 4.90 Å². The standard InChI is InChI=1S/C18H26N2O2/c1-3-5-11-19(12-6-4-2)13-14-20-17(21)15-9-7-8-10-16(15)18(20)22/h7-10H,3-6,11-14H2,1-2H3. The van der Waals surface area contributed by atoms with Crippen LogP contribution >= 0.6 is 0 Å². The van der Waals surface area contributed by atoms with Gasteiger partial charge in [-0.25, -0.2) is 0 Å². The Hall–Kier alpha value is -1.68. The zero-order valence-electron chi connectivity index (χ0n) is 13.7. The molecule has 4 nitrogen and oxygen atoms in total. The molecule has 4 heteroatoms. The Morgan fingerprint density at radius 3 is 1.82 bits per heavy atom. The van der Waals surface area contributed by atoms with Crippen molar-refractivity contribution >= 4 is 11.8 Å². The van der Waals surface area contributed by atoms with E-state index in [1.54, 1.807) is 12.1 Å². The lowest BCUT2D eigenvalue weighted by atomic mass is 10.1. The van der Waals surface area contributed by atoms with E-state index in [-0.39, 0.29) is 11.8 Å². The average molecular weight is 302 g/mol. The second-order valence-electron chi connectivity index (χ2n) is 5.86. The molecule has 0 fully saturated rings. The molecule has 2 rings (SSSR count). The highest BCUT2D eigenvalue weighted by Gasteiger charge is 2.34. The Kier molecular flexibility index (Phi) is 6.13. The van der Waals surface area contributed by atoms with E-state index in [1.807, 2.05) is 12.1 Å². The number of carbonyl (C=O) groups excluding carboxylic acids is 2. The molecule has 0 aromatic heterocycles. The van der Waals surface area contributed by atoms with Crippen LogP contribution in [0.1, 0.15) is 60.2 Å². The van der Waals surface area contributed by atoms with Crippen molar-refractivity contribution in [2.24, 2.45) is 0 Å². The maximum Gasteiger partial charge on any atom is 0.261 e. The van der Waals surface area contributed by atoms with Crippen LogP contribution in [0.5, 0.6) is 0 Å². The topological polar surface area (TPSA) is 40.6 Å². The van der Waals surface area contributed by atoms with Gasteiger partial charge in [0.05, 0.1) is 11.1 Å². The highest BCUT2D eigenvalue weighted by atomic mass is 16.2. The molecular formula is C18H26N2O2. The third-order valence-electron chi connectivity index (χ3n) is 4.17. The highest BCUT2D eigenvalue weighted by molar-refractivity contribution is 6.21. The number of unbranched alkanes of at least 4 members (excludes halogenated alkanes) is 2. The van der Waals surface area contributed by atoms with Crippen LogP contribution in [0.2, 0.25) is 0 Å². The summed E-state index contributed by atoms with van der Waals surface area (Å²) in [5.41, 5.74) is 1.09. The summed E-state index contributed by atoms with van der Waals surface area (Å²) in [7, 11) is 0. The van der Waals surface area contributed by atoms with Crippen molar-refractivity contribution in [3.63, 3.8) is 0 Å². The molecule has 1 aromatic carbocycles. The molecule has 0 saturated carbocycles. The van der Waals surface area contributed by atoms with Gasteiger partial charge in [-0.3, -0.25) is 14.5 Å². The summed E-state index contributed by atoms with van der Waals surface area (Å²) in [6.45, 7) is 7.70. The highest BCUT2D eigenvalue weighted by Crippen LogP contribution is 2.22. The number of fused-ring (bicyclic) bond motifs is 1. The summed E-state index contributed by atoms with van der Waals surface area (Å²) in [5.74, 6) is -0.293. The van der Waals surface area contributed by atoms with Gasteiger partial charge in [0, 0.05) is 13.1 Å². The number of amides is 2. The largest absolute Gasteiger partial charge is 0.302 e. The van der Waals surface area contributed by atoms with E-state index in [0.717, 1.165) is 45.3 Å². The van der Waals surface area contributed by atoms with Crippen LogP contribution in [0.15, 0.2) is 24.3 Å². The molecule has 1 aliphatic rings. The predicted octanol–water partition coefficient (Wildman–Crippen LogP) is 3.18. The summed E-state index contributed by atoms with van der Waals surface area (Å²) in [5, 5.41) is 0. The van der Waals surface area contributed by atoms with Crippen LogP contribution in [0, 0.1) is 0 Å². The summed E-state index contributed by atoms with van der Waals surface area (Å²) in [6.07, 6.45) is 4.64. The molecule has 0 saturated heterocycles. The average Bonchev–Trinajstić information content (AvgIpc) is 2.79. The van der Waals surface area contributed by atoms with Gasteiger partial charge >= 0.3 is 0 Å². The SMILES string of the molecule is CCCCN(CCCC)CCN1C(=O)c2ccccc2C1=O. The zero-order valence-corrected chi connectivity index (χ0v) is 13.7. The van der Waals surface area contributed by atoms with E-state index in [1.165, 1.54) is 4.90 Å². The summed E-state index contributed by atoms with van der Waals surface area (Å²) < 4.78 is 0. The number of hydrogen-bond donors (Lipinski definition) is 0. The number of benzene rings is 1. The lowest BCUT2D eigenvalue weighted by Gasteiger charge is -2.24. The molecule has 0 N–H and O–H groups in total. The van der Waals surface area contributed by atoms with Gasteiger partial charge in [-0.15, -0.1) is 0 Å². The van der Waals surface area contributed by atoms with E-state index >= 15 is 0 Å². The molecule has 120 valence electrons. The second kappa shape index (κ2) is 8.08. The van der Waals surface area contributed by atoms with E-state index in [9.17, 15) is 9.59 Å². The number of imide groups is 1. The third-order valence-corrected chi connectivity index (χ3v) is 4.17. The minimum atomic E-state index is -0.147. The van der Waals surface area contributed by atoms with Gasteiger partial charge in [0.25, 0.3) is 11.8 Å². The first-order valence-electron chi connectivity index (χ1n) is 8.36. The Labute approximate surface area is 133 Å². The Morgan fingerprint density at radius 2 is 1.36 bits per heavy atom. The number of carbonyl (C=O) groups is 2. The third kappa shape index (κ3) is 3.74. The molecule has 0 atom stereocenters. The molecule has 0 spiro atoms.